The highest BCUT2D eigenvalue weighted by atomic mass is 16.6. The highest BCUT2D eigenvalue weighted by Crippen LogP contribution is 2.27. The van der Waals surface area contributed by atoms with E-state index in [0.717, 1.165) is 11.3 Å². The van der Waals surface area contributed by atoms with Gasteiger partial charge in [-0.25, -0.2) is 0 Å². The Kier molecular flexibility index (Phi) is 6.24. The number of nitro benzene ring substituents is 1. The molecule has 0 fully saturated rings. The summed E-state index contributed by atoms with van der Waals surface area (Å²) in [5.41, 5.74) is 3.20. The molecule has 0 saturated heterocycles. The van der Waals surface area contributed by atoms with Gasteiger partial charge in [0.15, 0.2) is 5.78 Å². The lowest BCUT2D eigenvalue weighted by Gasteiger charge is -2.20. The number of carbonyl (C=O) groups excluding carboxylic acids is 1. The number of nitro groups is 1. The fraction of sp³-hybridized carbons (Fsp3) is 0.174. The minimum Gasteiger partial charge on any atom is -0.497 e. The molecule has 3 aromatic rings. The van der Waals surface area contributed by atoms with Crippen LogP contribution in [-0.2, 0) is 0 Å². The van der Waals surface area contributed by atoms with Crippen molar-refractivity contribution in [3.05, 3.63) is 99.6 Å². The van der Waals surface area contributed by atoms with Crippen LogP contribution in [0.25, 0.3) is 0 Å². The van der Waals surface area contributed by atoms with E-state index in [2.05, 4.69) is 5.32 Å². The first-order valence-electron chi connectivity index (χ1n) is 9.21. The molecule has 0 bridgehead atoms. The molecule has 0 heterocycles. The quantitative estimate of drug-likeness (QED) is 0.319. The van der Waals surface area contributed by atoms with E-state index in [4.69, 9.17) is 4.74 Å². The summed E-state index contributed by atoms with van der Waals surface area (Å²) in [6, 6.07) is 20.7. The molecular formula is C23H22N2O4. The van der Waals surface area contributed by atoms with E-state index in [-0.39, 0.29) is 17.9 Å². The predicted molar refractivity (Wildman–Crippen MR) is 113 cm³/mol. The maximum Gasteiger partial charge on any atom is 0.269 e. The molecule has 6 heteroatoms. The molecule has 29 heavy (non-hydrogen) atoms. The van der Waals surface area contributed by atoms with Gasteiger partial charge in [-0.1, -0.05) is 29.8 Å². The summed E-state index contributed by atoms with van der Waals surface area (Å²) in [4.78, 5) is 23.6. The van der Waals surface area contributed by atoms with Crippen LogP contribution in [0.4, 0.5) is 11.4 Å². The average molecular weight is 390 g/mol. The van der Waals surface area contributed by atoms with E-state index in [0.29, 0.717) is 16.9 Å². The standard InChI is InChI=1S/C23H22N2O4/c1-16-6-10-19(11-7-16)24-22(18-4-3-5-20(14-18)25(27)28)15-23(26)17-8-12-21(29-2)13-9-17/h3-14,22,24H,15H2,1-2H3. The molecule has 3 rings (SSSR count). The molecule has 0 radical (unpaired) electrons. The lowest BCUT2D eigenvalue weighted by atomic mass is 9.97. The van der Waals surface area contributed by atoms with E-state index in [9.17, 15) is 14.9 Å². The Bertz CT molecular complexity index is 998. The van der Waals surface area contributed by atoms with Crippen molar-refractivity contribution in [2.45, 2.75) is 19.4 Å². The van der Waals surface area contributed by atoms with Gasteiger partial charge in [0.25, 0.3) is 5.69 Å². The maximum atomic E-state index is 12.9. The number of hydrogen-bond donors (Lipinski definition) is 1. The number of Topliss-reactive ketones (excluding diaryl/α,β-unsaturated/α-hetero) is 1. The first-order chi connectivity index (χ1) is 14.0. The van der Waals surface area contributed by atoms with Crippen LogP contribution in [-0.4, -0.2) is 17.8 Å². The molecule has 6 nitrogen and oxygen atoms in total. The molecule has 3 aromatic carbocycles. The molecule has 0 aliphatic rings. The van der Waals surface area contributed by atoms with Crippen molar-refractivity contribution >= 4 is 17.2 Å². The minimum atomic E-state index is -0.433. The van der Waals surface area contributed by atoms with Crippen LogP contribution in [0.5, 0.6) is 5.75 Å². The number of methoxy groups -OCH3 is 1. The number of aryl methyl sites for hydroxylation is 1. The number of non-ortho nitro benzene ring substituents is 1. The fourth-order valence-corrected chi connectivity index (χ4v) is 3.04. The third kappa shape index (κ3) is 5.19. The Balaban J connectivity index is 1.88. The Morgan fingerprint density at radius 1 is 1.07 bits per heavy atom. The number of benzene rings is 3. The van der Waals surface area contributed by atoms with Gasteiger partial charge in [-0.15, -0.1) is 0 Å². The summed E-state index contributed by atoms with van der Waals surface area (Å²) < 4.78 is 5.14. The van der Waals surface area contributed by atoms with Crippen molar-refractivity contribution < 1.29 is 14.5 Å². The van der Waals surface area contributed by atoms with Gasteiger partial charge in [0, 0.05) is 29.8 Å². The topological polar surface area (TPSA) is 81.5 Å². The van der Waals surface area contributed by atoms with Crippen LogP contribution in [0.2, 0.25) is 0 Å². The van der Waals surface area contributed by atoms with Crippen molar-refractivity contribution in [2.75, 3.05) is 12.4 Å². The zero-order chi connectivity index (χ0) is 20.8. The van der Waals surface area contributed by atoms with Crippen LogP contribution >= 0.6 is 0 Å². The van der Waals surface area contributed by atoms with Gasteiger partial charge in [-0.3, -0.25) is 14.9 Å². The number of nitrogens with zero attached hydrogens (tertiary/aromatic N) is 1. The van der Waals surface area contributed by atoms with Gasteiger partial charge in [-0.2, -0.15) is 0 Å². The summed E-state index contributed by atoms with van der Waals surface area (Å²) >= 11 is 0. The van der Waals surface area contributed by atoms with Crippen molar-refractivity contribution in [1.29, 1.82) is 0 Å². The second-order valence-corrected chi connectivity index (χ2v) is 6.77. The lowest BCUT2D eigenvalue weighted by molar-refractivity contribution is -0.384. The van der Waals surface area contributed by atoms with Gasteiger partial charge in [-0.05, 0) is 48.9 Å². The SMILES string of the molecule is COc1ccc(C(=O)CC(Nc2ccc(C)cc2)c2cccc([N+](=O)[O-])c2)cc1. The van der Waals surface area contributed by atoms with Gasteiger partial charge in [0.05, 0.1) is 18.1 Å². The molecule has 0 aromatic heterocycles. The van der Waals surface area contributed by atoms with Gasteiger partial charge in [0.2, 0.25) is 0 Å². The number of hydrogen-bond acceptors (Lipinski definition) is 5. The lowest BCUT2D eigenvalue weighted by Crippen LogP contribution is -2.16. The minimum absolute atomic E-state index is 0.00453. The zero-order valence-corrected chi connectivity index (χ0v) is 16.3. The van der Waals surface area contributed by atoms with Crippen LogP contribution in [0.1, 0.15) is 33.9 Å². The predicted octanol–water partition coefficient (Wildman–Crippen LogP) is 5.34. The zero-order valence-electron chi connectivity index (χ0n) is 16.3. The summed E-state index contributed by atoms with van der Waals surface area (Å²) in [6.45, 7) is 2.00. The number of rotatable bonds is 8. The molecule has 0 saturated carbocycles. The third-order valence-corrected chi connectivity index (χ3v) is 4.68. The largest absolute Gasteiger partial charge is 0.497 e. The normalized spacial score (nSPS) is 11.5. The smallest absolute Gasteiger partial charge is 0.269 e. The Morgan fingerprint density at radius 2 is 1.76 bits per heavy atom. The fourth-order valence-electron chi connectivity index (χ4n) is 3.04. The van der Waals surface area contributed by atoms with Crippen LogP contribution in [0, 0.1) is 17.0 Å². The molecular weight excluding hydrogens is 368 g/mol. The molecule has 0 aliphatic heterocycles. The van der Waals surface area contributed by atoms with Crippen molar-refractivity contribution in [3.63, 3.8) is 0 Å². The summed E-state index contributed by atoms with van der Waals surface area (Å²) in [6.07, 6.45) is 0.154. The maximum absolute atomic E-state index is 12.9. The number of ketones is 1. The van der Waals surface area contributed by atoms with E-state index in [1.165, 1.54) is 12.1 Å². The highest BCUT2D eigenvalue weighted by Gasteiger charge is 2.19. The van der Waals surface area contributed by atoms with Crippen LogP contribution in [0.3, 0.4) is 0 Å². The molecule has 1 atom stereocenters. The monoisotopic (exact) mass is 390 g/mol. The molecule has 1 unspecified atom stereocenters. The number of nitrogens with one attached hydrogen (secondary N) is 1. The summed E-state index contributed by atoms with van der Waals surface area (Å²) in [5.74, 6) is 0.610. The van der Waals surface area contributed by atoms with Gasteiger partial charge in [0.1, 0.15) is 5.75 Å². The molecule has 0 spiro atoms. The van der Waals surface area contributed by atoms with Crippen molar-refractivity contribution in [1.82, 2.24) is 0 Å². The van der Waals surface area contributed by atoms with E-state index >= 15 is 0 Å². The van der Waals surface area contributed by atoms with Gasteiger partial charge < -0.3 is 10.1 Å². The molecule has 1 N–H and O–H groups in total. The first-order valence-corrected chi connectivity index (χ1v) is 9.21. The van der Waals surface area contributed by atoms with E-state index in [1.54, 1.807) is 43.5 Å². The first kappa shape index (κ1) is 20.1. The molecule has 0 aliphatic carbocycles. The Labute approximate surface area is 169 Å². The van der Waals surface area contributed by atoms with Crippen molar-refractivity contribution in [2.24, 2.45) is 0 Å². The summed E-state index contributed by atoms with van der Waals surface area (Å²) in [5, 5.41) is 14.5. The Hall–Kier alpha value is -3.67. The Morgan fingerprint density at radius 3 is 2.38 bits per heavy atom. The van der Waals surface area contributed by atoms with Crippen LogP contribution in [0.15, 0.2) is 72.8 Å². The second-order valence-electron chi connectivity index (χ2n) is 6.77. The molecule has 0 amide bonds. The average Bonchev–Trinajstić information content (AvgIpc) is 2.75. The van der Waals surface area contributed by atoms with Crippen LogP contribution < -0.4 is 10.1 Å². The number of anilines is 1. The van der Waals surface area contributed by atoms with Crippen molar-refractivity contribution in [3.8, 4) is 5.75 Å². The van der Waals surface area contributed by atoms with E-state index in [1.807, 2.05) is 31.2 Å². The number of ether oxygens (including phenoxy) is 1. The third-order valence-electron chi connectivity index (χ3n) is 4.68. The van der Waals surface area contributed by atoms with Gasteiger partial charge >= 0.3 is 0 Å². The second kappa shape index (κ2) is 9.01. The summed E-state index contributed by atoms with van der Waals surface area (Å²) in [7, 11) is 1.57. The van der Waals surface area contributed by atoms with E-state index < -0.39 is 11.0 Å². The molecule has 148 valence electrons. The highest BCUT2D eigenvalue weighted by molar-refractivity contribution is 5.96. The number of carbonyl (C=O) groups is 1.